The molecule has 1 saturated heterocycles. The van der Waals surface area contributed by atoms with Crippen LogP contribution in [0.2, 0.25) is 0 Å². The highest BCUT2D eigenvalue weighted by Gasteiger charge is 2.44. The molecule has 1 aliphatic rings. The average molecular weight is 288 g/mol. The number of hydrogen-bond donors (Lipinski definition) is 2. The van der Waals surface area contributed by atoms with Crippen LogP contribution in [0.4, 0.5) is 5.69 Å². The van der Waals surface area contributed by atoms with Gasteiger partial charge in [0.1, 0.15) is 0 Å². The SMILES string of the molecule is CC1(C(=O)Nc2ccc(-c3nnco3)cc2)COCC1N. The highest BCUT2D eigenvalue weighted by atomic mass is 16.5. The first kappa shape index (κ1) is 13.7. The molecule has 3 rings (SSSR count). The number of aromatic nitrogens is 2. The Kier molecular flexibility index (Phi) is 3.44. The Morgan fingerprint density at radius 1 is 1.43 bits per heavy atom. The molecule has 3 N–H and O–H groups in total. The topological polar surface area (TPSA) is 103 Å². The van der Waals surface area contributed by atoms with Gasteiger partial charge >= 0.3 is 0 Å². The Labute approximate surface area is 121 Å². The van der Waals surface area contributed by atoms with Gasteiger partial charge in [-0.05, 0) is 31.2 Å². The molecule has 2 unspecified atom stereocenters. The van der Waals surface area contributed by atoms with Crippen molar-refractivity contribution in [2.24, 2.45) is 11.1 Å². The molecule has 0 spiro atoms. The molecule has 1 fully saturated rings. The first-order valence-electron chi connectivity index (χ1n) is 6.61. The molecule has 0 bridgehead atoms. The Hall–Kier alpha value is -2.25. The number of benzene rings is 1. The summed E-state index contributed by atoms with van der Waals surface area (Å²) in [5, 5.41) is 10.3. The van der Waals surface area contributed by atoms with Crippen LogP contribution in [0.25, 0.3) is 11.5 Å². The number of hydrogen-bond acceptors (Lipinski definition) is 6. The summed E-state index contributed by atoms with van der Waals surface area (Å²) in [6, 6.07) is 6.87. The Morgan fingerprint density at radius 2 is 2.19 bits per heavy atom. The zero-order valence-electron chi connectivity index (χ0n) is 11.6. The van der Waals surface area contributed by atoms with Crippen LogP contribution < -0.4 is 11.1 Å². The Morgan fingerprint density at radius 3 is 2.76 bits per heavy atom. The van der Waals surface area contributed by atoms with E-state index in [4.69, 9.17) is 14.9 Å². The zero-order chi connectivity index (χ0) is 14.9. The van der Waals surface area contributed by atoms with E-state index in [0.717, 1.165) is 5.56 Å². The summed E-state index contributed by atoms with van der Waals surface area (Å²) in [5.41, 5.74) is 6.71. The number of anilines is 1. The fourth-order valence-corrected chi connectivity index (χ4v) is 2.19. The van der Waals surface area contributed by atoms with Gasteiger partial charge in [-0.15, -0.1) is 10.2 Å². The van der Waals surface area contributed by atoms with E-state index in [9.17, 15) is 4.79 Å². The minimum atomic E-state index is -0.703. The summed E-state index contributed by atoms with van der Waals surface area (Å²) < 4.78 is 10.4. The third kappa shape index (κ3) is 2.53. The summed E-state index contributed by atoms with van der Waals surface area (Å²) in [4.78, 5) is 12.3. The van der Waals surface area contributed by atoms with E-state index in [1.165, 1.54) is 6.39 Å². The van der Waals surface area contributed by atoms with E-state index in [0.29, 0.717) is 24.8 Å². The molecule has 2 atom stereocenters. The fourth-order valence-electron chi connectivity index (χ4n) is 2.19. The van der Waals surface area contributed by atoms with E-state index in [2.05, 4.69) is 15.5 Å². The second kappa shape index (κ2) is 5.27. The minimum Gasteiger partial charge on any atom is -0.423 e. The summed E-state index contributed by atoms with van der Waals surface area (Å²) in [6.07, 6.45) is 1.27. The molecule has 1 aromatic carbocycles. The summed E-state index contributed by atoms with van der Waals surface area (Å²) >= 11 is 0. The van der Waals surface area contributed by atoms with E-state index in [1.807, 2.05) is 6.92 Å². The number of amides is 1. The first-order chi connectivity index (χ1) is 10.1. The predicted molar refractivity (Wildman–Crippen MR) is 75.3 cm³/mol. The quantitative estimate of drug-likeness (QED) is 0.874. The summed E-state index contributed by atoms with van der Waals surface area (Å²) in [7, 11) is 0. The van der Waals surface area contributed by atoms with Crippen LogP contribution in [0.15, 0.2) is 35.1 Å². The fraction of sp³-hybridized carbons (Fsp3) is 0.357. The molecule has 0 saturated carbocycles. The van der Waals surface area contributed by atoms with Gasteiger partial charge in [0, 0.05) is 17.3 Å². The highest BCUT2D eigenvalue weighted by molar-refractivity contribution is 5.96. The number of nitrogens with two attached hydrogens (primary N) is 1. The van der Waals surface area contributed by atoms with Gasteiger partial charge in [0.15, 0.2) is 0 Å². The third-order valence-electron chi connectivity index (χ3n) is 3.79. The van der Waals surface area contributed by atoms with Crippen LogP contribution >= 0.6 is 0 Å². The molecule has 0 radical (unpaired) electrons. The van der Waals surface area contributed by atoms with Crippen molar-refractivity contribution in [1.29, 1.82) is 0 Å². The molecule has 7 nitrogen and oxygen atoms in total. The standard InChI is InChI=1S/C14H16N4O3/c1-14(7-20-6-11(14)15)13(19)17-10-4-2-9(3-5-10)12-18-16-8-21-12/h2-5,8,11H,6-7,15H2,1H3,(H,17,19). The molecule has 1 aromatic heterocycles. The Balaban J connectivity index is 1.72. The lowest BCUT2D eigenvalue weighted by molar-refractivity contribution is -0.125. The summed E-state index contributed by atoms with van der Waals surface area (Å²) in [5.74, 6) is 0.295. The average Bonchev–Trinajstić information content (AvgIpc) is 3.12. The van der Waals surface area contributed by atoms with Gasteiger partial charge in [-0.2, -0.15) is 0 Å². The molecule has 110 valence electrons. The normalized spacial score (nSPS) is 25.0. The van der Waals surface area contributed by atoms with Gasteiger partial charge in [0.2, 0.25) is 18.2 Å². The first-order valence-corrected chi connectivity index (χ1v) is 6.61. The molecular formula is C14H16N4O3. The van der Waals surface area contributed by atoms with Crippen molar-refractivity contribution < 1.29 is 13.9 Å². The molecule has 0 aliphatic carbocycles. The van der Waals surface area contributed by atoms with E-state index in [1.54, 1.807) is 24.3 Å². The zero-order valence-corrected chi connectivity index (χ0v) is 11.6. The maximum absolute atomic E-state index is 12.3. The van der Waals surface area contributed by atoms with Crippen LogP contribution in [-0.2, 0) is 9.53 Å². The molecule has 21 heavy (non-hydrogen) atoms. The maximum atomic E-state index is 12.3. The van der Waals surface area contributed by atoms with Crippen molar-refractivity contribution >= 4 is 11.6 Å². The number of nitrogens with zero attached hydrogens (tertiary/aromatic N) is 2. The van der Waals surface area contributed by atoms with E-state index >= 15 is 0 Å². The molecule has 1 aliphatic heterocycles. The third-order valence-corrected chi connectivity index (χ3v) is 3.79. The Bertz CT molecular complexity index is 626. The van der Waals surface area contributed by atoms with Crippen LogP contribution in [-0.4, -0.2) is 35.4 Å². The number of nitrogens with one attached hydrogen (secondary N) is 1. The van der Waals surface area contributed by atoms with Crippen molar-refractivity contribution in [2.75, 3.05) is 18.5 Å². The lowest BCUT2D eigenvalue weighted by atomic mass is 9.85. The van der Waals surface area contributed by atoms with Crippen LogP contribution in [0.1, 0.15) is 6.92 Å². The monoisotopic (exact) mass is 288 g/mol. The number of carbonyl (C=O) groups is 1. The second-order valence-electron chi connectivity index (χ2n) is 5.31. The lowest BCUT2D eigenvalue weighted by Crippen LogP contribution is -2.47. The number of ether oxygens (including phenoxy) is 1. The van der Waals surface area contributed by atoms with Crippen molar-refractivity contribution in [1.82, 2.24) is 10.2 Å². The maximum Gasteiger partial charge on any atom is 0.247 e. The van der Waals surface area contributed by atoms with Gasteiger partial charge in [-0.25, -0.2) is 0 Å². The van der Waals surface area contributed by atoms with Gasteiger partial charge in [-0.3, -0.25) is 4.79 Å². The second-order valence-corrected chi connectivity index (χ2v) is 5.31. The van der Waals surface area contributed by atoms with Crippen LogP contribution in [0.3, 0.4) is 0 Å². The molecule has 2 aromatic rings. The van der Waals surface area contributed by atoms with Crippen molar-refractivity contribution in [2.45, 2.75) is 13.0 Å². The molecular weight excluding hydrogens is 272 g/mol. The highest BCUT2D eigenvalue weighted by Crippen LogP contribution is 2.29. The largest absolute Gasteiger partial charge is 0.423 e. The molecule has 2 heterocycles. The lowest BCUT2D eigenvalue weighted by Gasteiger charge is -2.25. The van der Waals surface area contributed by atoms with E-state index in [-0.39, 0.29) is 11.9 Å². The van der Waals surface area contributed by atoms with Gasteiger partial charge in [-0.1, -0.05) is 0 Å². The smallest absolute Gasteiger partial charge is 0.247 e. The molecule has 7 heteroatoms. The van der Waals surface area contributed by atoms with Crippen molar-refractivity contribution in [3.05, 3.63) is 30.7 Å². The van der Waals surface area contributed by atoms with E-state index < -0.39 is 5.41 Å². The van der Waals surface area contributed by atoms with Crippen molar-refractivity contribution in [3.63, 3.8) is 0 Å². The predicted octanol–water partition coefficient (Wildman–Crippen LogP) is 1.04. The van der Waals surface area contributed by atoms with Crippen molar-refractivity contribution in [3.8, 4) is 11.5 Å². The number of rotatable bonds is 3. The van der Waals surface area contributed by atoms with Gasteiger partial charge in [0.25, 0.3) is 0 Å². The summed E-state index contributed by atoms with van der Waals surface area (Å²) in [6.45, 7) is 2.55. The van der Waals surface area contributed by atoms with Gasteiger partial charge < -0.3 is 20.2 Å². The van der Waals surface area contributed by atoms with Crippen LogP contribution in [0.5, 0.6) is 0 Å². The van der Waals surface area contributed by atoms with Crippen LogP contribution in [0, 0.1) is 5.41 Å². The number of carbonyl (C=O) groups excluding carboxylic acids is 1. The van der Waals surface area contributed by atoms with Gasteiger partial charge in [0.05, 0.1) is 18.6 Å². The molecule has 1 amide bonds. The minimum absolute atomic E-state index is 0.141.